The number of pyridine rings is 1. The molecule has 4 heterocycles. The fourth-order valence-corrected chi connectivity index (χ4v) is 3.63. The van der Waals surface area contributed by atoms with Crippen LogP contribution < -0.4 is 11.1 Å². The van der Waals surface area contributed by atoms with E-state index >= 15 is 0 Å². The third kappa shape index (κ3) is 5.66. The highest BCUT2D eigenvalue weighted by atomic mass is 19.4. The van der Waals surface area contributed by atoms with E-state index in [9.17, 15) is 27.9 Å². The van der Waals surface area contributed by atoms with Crippen LogP contribution in [0, 0.1) is 11.8 Å². The number of hydrogen-bond acceptors (Lipinski definition) is 9. The number of carbonyl (C=O) groups is 2. The van der Waals surface area contributed by atoms with Gasteiger partial charge in [0.25, 0.3) is 5.91 Å². The predicted octanol–water partition coefficient (Wildman–Crippen LogP) is 0.977. The number of fused-ring (bicyclic) bond motifs is 1. The molecule has 1 aliphatic heterocycles. The maximum Gasteiger partial charge on any atom is 0.433 e. The van der Waals surface area contributed by atoms with E-state index in [0.717, 1.165) is 18.3 Å². The van der Waals surface area contributed by atoms with Crippen molar-refractivity contribution in [3.05, 3.63) is 41.7 Å². The van der Waals surface area contributed by atoms with E-state index in [2.05, 4.69) is 37.1 Å². The number of rotatable bonds is 4. The second kappa shape index (κ2) is 11.0. The van der Waals surface area contributed by atoms with Crippen molar-refractivity contribution >= 4 is 28.8 Å². The molecule has 12 nitrogen and oxygen atoms in total. The van der Waals surface area contributed by atoms with Crippen LogP contribution in [0.25, 0.3) is 11.2 Å². The van der Waals surface area contributed by atoms with Gasteiger partial charge in [-0.2, -0.15) is 13.2 Å². The van der Waals surface area contributed by atoms with Crippen LogP contribution in [0.4, 0.5) is 19.0 Å². The standard InChI is InChI=1S/C22H21F3N8O4.CH4/c1-27-19(35)13-8-12(34)21(37-13)33-10-29-16-17(26)30-15(31-18(16)33)4-3-7-32(2)20(36)11-5-6-14(28-9-11)22(23,24)25;/h5-6,9-10,12-13,21,34H,7-8H2,1-2H3,(H,27,35)(H2,26,30,31);1H4/t12?,13-,21?;/m0./s1. The molecule has 2 unspecified atom stereocenters. The number of carbonyl (C=O) groups excluding carboxylic acids is 2. The Hall–Kier alpha value is -4.29. The van der Waals surface area contributed by atoms with Gasteiger partial charge in [-0.05, 0) is 18.1 Å². The zero-order valence-electron chi connectivity index (χ0n) is 19.5. The monoisotopic (exact) mass is 534 g/mol. The van der Waals surface area contributed by atoms with Crippen molar-refractivity contribution in [1.82, 2.24) is 34.7 Å². The Kier molecular flexibility index (Phi) is 8.18. The Morgan fingerprint density at radius 2 is 2.05 bits per heavy atom. The average Bonchev–Trinajstić information content (AvgIpc) is 3.46. The third-order valence-corrected chi connectivity index (χ3v) is 5.51. The maximum atomic E-state index is 12.7. The molecule has 0 radical (unpaired) electrons. The number of halogens is 3. The Labute approximate surface area is 215 Å². The summed E-state index contributed by atoms with van der Waals surface area (Å²) in [6.07, 6.45) is -5.13. The van der Waals surface area contributed by atoms with Gasteiger partial charge < -0.3 is 25.8 Å². The Balaban J connectivity index is 0.00000400. The van der Waals surface area contributed by atoms with Gasteiger partial charge in [-0.3, -0.25) is 19.1 Å². The van der Waals surface area contributed by atoms with Crippen molar-refractivity contribution in [2.75, 3.05) is 26.4 Å². The normalized spacial score (nSPS) is 18.8. The van der Waals surface area contributed by atoms with Crippen molar-refractivity contribution in [2.24, 2.45) is 0 Å². The number of aliphatic hydroxyl groups excluding tert-OH is 1. The van der Waals surface area contributed by atoms with Crippen molar-refractivity contribution in [3.63, 3.8) is 0 Å². The lowest BCUT2D eigenvalue weighted by molar-refractivity contribution is -0.141. The van der Waals surface area contributed by atoms with Gasteiger partial charge in [-0.1, -0.05) is 13.3 Å². The quantitative estimate of drug-likeness (QED) is 0.414. The van der Waals surface area contributed by atoms with Crippen LogP contribution in [-0.2, 0) is 15.7 Å². The molecule has 3 atom stereocenters. The molecule has 3 aromatic heterocycles. The summed E-state index contributed by atoms with van der Waals surface area (Å²) < 4.78 is 45.1. The smallest absolute Gasteiger partial charge is 0.388 e. The summed E-state index contributed by atoms with van der Waals surface area (Å²) in [5, 5.41) is 12.9. The van der Waals surface area contributed by atoms with Crippen molar-refractivity contribution in [1.29, 1.82) is 0 Å². The number of anilines is 1. The molecule has 1 aliphatic rings. The molecule has 15 heteroatoms. The molecule has 0 aliphatic carbocycles. The van der Waals surface area contributed by atoms with E-state index < -0.39 is 36.2 Å². The van der Waals surface area contributed by atoms with E-state index in [1.54, 1.807) is 0 Å². The van der Waals surface area contributed by atoms with Gasteiger partial charge in [-0.15, -0.1) is 0 Å². The van der Waals surface area contributed by atoms with Gasteiger partial charge >= 0.3 is 6.18 Å². The van der Waals surface area contributed by atoms with Crippen LogP contribution in [-0.4, -0.2) is 79.2 Å². The molecule has 0 aromatic carbocycles. The van der Waals surface area contributed by atoms with E-state index in [4.69, 9.17) is 10.5 Å². The molecule has 2 amide bonds. The average molecular weight is 534 g/mol. The lowest BCUT2D eigenvalue weighted by Crippen LogP contribution is -2.31. The minimum absolute atomic E-state index is 0. The number of aliphatic hydroxyl groups is 1. The highest BCUT2D eigenvalue weighted by Crippen LogP contribution is 2.32. The van der Waals surface area contributed by atoms with Crippen LogP contribution in [0.2, 0.25) is 0 Å². The second-order valence-corrected chi connectivity index (χ2v) is 8.08. The molecule has 0 bridgehead atoms. The summed E-state index contributed by atoms with van der Waals surface area (Å²) in [6, 6.07) is 1.76. The molecule has 1 fully saturated rings. The van der Waals surface area contributed by atoms with Crippen molar-refractivity contribution in [2.45, 2.75) is 38.5 Å². The zero-order chi connectivity index (χ0) is 26.9. The highest BCUT2D eigenvalue weighted by molar-refractivity contribution is 5.93. The zero-order valence-corrected chi connectivity index (χ0v) is 19.5. The number of aromatic nitrogens is 5. The van der Waals surface area contributed by atoms with Crippen molar-refractivity contribution < 1.29 is 32.6 Å². The van der Waals surface area contributed by atoms with Crippen LogP contribution in [0.5, 0.6) is 0 Å². The fourth-order valence-electron chi connectivity index (χ4n) is 3.63. The molecular formula is C23H25F3N8O4. The number of nitrogens with two attached hydrogens (primary N) is 1. The summed E-state index contributed by atoms with van der Waals surface area (Å²) in [7, 11) is 2.88. The number of alkyl halides is 3. The summed E-state index contributed by atoms with van der Waals surface area (Å²) in [4.78, 5) is 41.4. The summed E-state index contributed by atoms with van der Waals surface area (Å²) in [5.41, 5.74) is 5.31. The van der Waals surface area contributed by atoms with Gasteiger partial charge in [0.2, 0.25) is 11.7 Å². The minimum atomic E-state index is -4.61. The van der Waals surface area contributed by atoms with Crippen molar-refractivity contribution in [3.8, 4) is 11.8 Å². The fraction of sp³-hybridized carbons (Fsp3) is 0.391. The largest absolute Gasteiger partial charge is 0.433 e. The Bertz CT molecular complexity index is 1400. The number of ether oxygens (including phenoxy) is 1. The van der Waals surface area contributed by atoms with Gasteiger partial charge in [0.15, 0.2) is 17.7 Å². The van der Waals surface area contributed by atoms with Gasteiger partial charge in [0.1, 0.15) is 23.4 Å². The molecule has 3 aromatic rings. The first-order chi connectivity index (χ1) is 17.5. The predicted molar refractivity (Wildman–Crippen MR) is 128 cm³/mol. The molecule has 0 spiro atoms. The topological polar surface area (TPSA) is 161 Å². The van der Waals surface area contributed by atoms with Gasteiger partial charge in [0, 0.05) is 26.7 Å². The van der Waals surface area contributed by atoms with Gasteiger partial charge in [0.05, 0.1) is 18.4 Å². The first-order valence-corrected chi connectivity index (χ1v) is 10.8. The molecular weight excluding hydrogens is 509 g/mol. The number of nitrogens with zero attached hydrogens (tertiary/aromatic N) is 6. The summed E-state index contributed by atoms with van der Waals surface area (Å²) in [5.74, 6) is 4.45. The summed E-state index contributed by atoms with van der Waals surface area (Å²) >= 11 is 0. The number of amides is 2. The highest BCUT2D eigenvalue weighted by Gasteiger charge is 2.39. The molecule has 1 saturated heterocycles. The maximum absolute atomic E-state index is 12.7. The SMILES string of the molecule is C.CNC(=O)[C@@H]1CC(O)C(n2cnc3c(N)nc(C#CCN(C)C(=O)c4ccc(C(F)(F)F)nc4)nc32)O1. The molecule has 202 valence electrons. The van der Waals surface area contributed by atoms with E-state index in [1.807, 2.05) is 0 Å². The van der Waals surface area contributed by atoms with Gasteiger partial charge in [-0.25, -0.2) is 15.0 Å². The number of hydrogen-bond donors (Lipinski definition) is 3. The number of nitrogens with one attached hydrogen (secondary N) is 1. The summed E-state index contributed by atoms with van der Waals surface area (Å²) in [6.45, 7) is -0.0985. The minimum Gasteiger partial charge on any atom is -0.388 e. The van der Waals surface area contributed by atoms with Crippen LogP contribution >= 0.6 is 0 Å². The number of nitrogen functional groups attached to an aromatic ring is 1. The van der Waals surface area contributed by atoms with Crippen LogP contribution in [0.15, 0.2) is 24.7 Å². The third-order valence-electron chi connectivity index (χ3n) is 5.51. The Morgan fingerprint density at radius 1 is 1.32 bits per heavy atom. The lowest BCUT2D eigenvalue weighted by atomic mass is 10.2. The Morgan fingerprint density at radius 3 is 2.68 bits per heavy atom. The number of likely N-dealkylation sites (N-methyl/N-ethyl adjacent to an activating group) is 1. The molecule has 4 N–H and O–H groups in total. The van der Waals surface area contributed by atoms with Crippen LogP contribution in [0.1, 0.15) is 42.0 Å². The first-order valence-electron chi connectivity index (χ1n) is 10.8. The molecule has 4 rings (SSSR count). The van der Waals surface area contributed by atoms with E-state index in [0.29, 0.717) is 0 Å². The first kappa shape index (κ1) is 28.3. The molecule has 0 saturated carbocycles. The number of imidazole rings is 1. The second-order valence-electron chi connectivity index (χ2n) is 8.08. The van der Waals surface area contributed by atoms with E-state index in [1.165, 1.54) is 29.9 Å². The van der Waals surface area contributed by atoms with Crippen LogP contribution in [0.3, 0.4) is 0 Å². The lowest BCUT2D eigenvalue weighted by Gasteiger charge is -2.16. The van der Waals surface area contributed by atoms with E-state index in [-0.39, 0.29) is 54.7 Å². The molecule has 38 heavy (non-hydrogen) atoms.